The maximum atomic E-state index is 13.0. The monoisotopic (exact) mass is 265 g/mol. The van der Waals surface area contributed by atoms with E-state index in [0.29, 0.717) is 17.7 Å². The van der Waals surface area contributed by atoms with Crippen LogP contribution in [0.25, 0.3) is 0 Å². The van der Waals surface area contributed by atoms with Gasteiger partial charge in [-0.05, 0) is 12.8 Å². The number of imide groups is 1. The van der Waals surface area contributed by atoms with Gasteiger partial charge >= 0.3 is 12.2 Å². The molecule has 0 radical (unpaired) electrons. The maximum Gasteiger partial charge on any atom is 0.440 e. The van der Waals surface area contributed by atoms with Crippen molar-refractivity contribution in [2.45, 2.75) is 24.7 Å². The fourth-order valence-electron chi connectivity index (χ4n) is 1.62. The van der Waals surface area contributed by atoms with Gasteiger partial charge in [0.2, 0.25) is 5.91 Å². The Morgan fingerprint density at radius 3 is 2.33 bits per heavy atom. The van der Waals surface area contributed by atoms with E-state index in [1.165, 1.54) is 5.32 Å². The molecular formula is C9H10F3N3O3. The molecule has 4 amide bonds. The second-order valence-corrected chi connectivity index (χ2v) is 4.31. The fourth-order valence-corrected chi connectivity index (χ4v) is 1.62. The van der Waals surface area contributed by atoms with Crippen LogP contribution in [-0.2, 0) is 9.59 Å². The third-order valence-corrected chi connectivity index (χ3v) is 2.91. The molecule has 0 unspecified atom stereocenters. The standard InChI is InChI=1S/C9H10F3N3O3/c1-15-6(17)8(9(10,11)12,14-7(15)18)13-5(16)4-2-3-4/h4H,2-3H2,1H3,(H,13,16)(H,14,18)/t8-/m1/s1. The summed E-state index contributed by atoms with van der Waals surface area (Å²) in [5.41, 5.74) is -3.33. The first-order chi connectivity index (χ1) is 8.19. The van der Waals surface area contributed by atoms with Crippen LogP contribution < -0.4 is 10.6 Å². The summed E-state index contributed by atoms with van der Waals surface area (Å²) in [5.74, 6) is -2.93. The van der Waals surface area contributed by atoms with Crippen molar-refractivity contribution in [2.24, 2.45) is 5.92 Å². The Kier molecular flexibility index (Phi) is 2.53. The molecule has 100 valence electrons. The number of carbonyl (C=O) groups excluding carboxylic acids is 3. The van der Waals surface area contributed by atoms with Gasteiger partial charge in [-0.1, -0.05) is 0 Å². The average Bonchev–Trinajstić information content (AvgIpc) is 3.04. The summed E-state index contributed by atoms with van der Waals surface area (Å²) in [6.45, 7) is 0. The predicted molar refractivity (Wildman–Crippen MR) is 51.0 cm³/mol. The quantitative estimate of drug-likeness (QED) is 0.687. The topological polar surface area (TPSA) is 78.5 Å². The molecule has 18 heavy (non-hydrogen) atoms. The number of alkyl halides is 3. The molecular weight excluding hydrogens is 255 g/mol. The summed E-state index contributed by atoms with van der Waals surface area (Å²) in [4.78, 5) is 34.5. The van der Waals surface area contributed by atoms with Crippen LogP contribution in [0.4, 0.5) is 18.0 Å². The summed E-state index contributed by atoms with van der Waals surface area (Å²) in [5, 5.41) is 3.12. The van der Waals surface area contributed by atoms with E-state index in [-0.39, 0.29) is 0 Å². The van der Waals surface area contributed by atoms with Crippen LogP contribution in [0.2, 0.25) is 0 Å². The Balaban J connectivity index is 2.32. The van der Waals surface area contributed by atoms with E-state index in [1.807, 2.05) is 0 Å². The highest BCUT2D eigenvalue weighted by Gasteiger charge is 2.68. The van der Waals surface area contributed by atoms with E-state index < -0.39 is 35.6 Å². The second kappa shape index (κ2) is 3.59. The van der Waals surface area contributed by atoms with Gasteiger partial charge in [-0.25, -0.2) is 4.79 Å². The first-order valence-corrected chi connectivity index (χ1v) is 5.18. The summed E-state index contributed by atoms with van der Waals surface area (Å²) in [7, 11) is 0.911. The number of nitrogens with one attached hydrogen (secondary N) is 2. The third-order valence-electron chi connectivity index (χ3n) is 2.91. The summed E-state index contributed by atoms with van der Waals surface area (Å²) < 4.78 is 38.9. The average molecular weight is 265 g/mol. The number of hydrogen-bond acceptors (Lipinski definition) is 3. The largest absolute Gasteiger partial charge is 0.440 e. The number of hydrogen-bond donors (Lipinski definition) is 2. The van der Waals surface area contributed by atoms with Crippen molar-refractivity contribution in [2.75, 3.05) is 7.05 Å². The van der Waals surface area contributed by atoms with Gasteiger partial charge in [-0.3, -0.25) is 19.8 Å². The molecule has 1 saturated heterocycles. The number of urea groups is 1. The molecule has 0 aromatic heterocycles. The van der Waals surface area contributed by atoms with Crippen molar-refractivity contribution in [3.05, 3.63) is 0 Å². The van der Waals surface area contributed by atoms with Gasteiger partial charge in [0.25, 0.3) is 11.6 Å². The van der Waals surface area contributed by atoms with Crippen molar-refractivity contribution < 1.29 is 27.6 Å². The molecule has 2 rings (SSSR count). The Morgan fingerprint density at radius 2 is 2.00 bits per heavy atom. The highest BCUT2D eigenvalue weighted by atomic mass is 19.4. The maximum absolute atomic E-state index is 13.0. The number of rotatable bonds is 2. The Hall–Kier alpha value is -1.80. The summed E-state index contributed by atoms with van der Waals surface area (Å²) in [6.07, 6.45) is -4.13. The van der Waals surface area contributed by atoms with Gasteiger partial charge in [0, 0.05) is 13.0 Å². The van der Waals surface area contributed by atoms with Crippen LogP contribution in [0.1, 0.15) is 12.8 Å². The number of likely N-dealkylation sites (N-methyl/N-ethyl adjacent to an activating group) is 1. The van der Waals surface area contributed by atoms with E-state index in [0.717, 1.165) is 7.05 Å². The van der Waals surface area contributed by atoms with Gasteiger partial charge in [0.1, 0.15) is 0 Å². The minimum atomic E-state index is -5.10. The molecule has 2 N–H and O–H groups in total. The lowest BCUT2D eigenvalue weighted by Crippen LogP contribution is -2.69. The molecule has 0 aromatic rings. The van der Waals surface area contributed by atoms with Crippen molar-refractivity contribution in [3.63, 3.8) is 0 Å². The molecule has 1 saturated carbocycles. The molecule has 0 bridgehead atoms. The molecule has 1 heterocycles. The molecule has 0 aromatic carbocycles. The molecule has 1 aliphatic carbocycles. The van der Waals surface area contributed by atoms with Crippen LogP contribution >= 0.6 is 0 Å². The van der Waals surface area contributed by atoms with E-state index >= 15 is 0 Å². The molecule has 1 aliphatic heterocycles. The van der Waals surface area contributed by atoms with E-state index in [4.69, 9.17) is 0 Å². The minimum absolute atomic E-state index is 0.292. The van der Waals surface area contributed by atoms with Crippen LogP contribution in [-0.4, -0.2) is 41.6 Å². The van der Waals surface area contributed by atoms with Crippen molar-refractivity contribution in [1.29, 1.82) is 0 Å². The third kappa shape index (κ3) is 1.70. The van der Waals surface area contributed by atoms with E-state index in [9.17, 15) is 27.6 Å². The van der Waals surface area contributed by atoms with Gasteiger partial charge < -0.3 is 5.32 Å². The summed E-state index contributed by atoms with van der Waals surface area (Å²) >= 11 is 0. The van der Waals surface area contributed by atoms with Gasteiger partial charge in [-0.2, -0.15) is 13.2 Å². The van der Waals surface area contributed by atoms with Crippen LogP contribution in [0, 0.1) is 5.92 Å². The van der Waals surface area contributed by atoms with Crippen LogP contribution in [0.3, 0.4) is 0 Å². The number of amides is 4. The zero-order chi connectivity index (χ0) is 13.7. The Labute approximate surface area is 99.5 Å². The van der Waals surface area contributed by atoms with E-state index in [1.54, 1.807) is 5.32 Å². The van der Waals surface area contributed by atoms with Gasteiger partial charge in [-0.15, -0.1) is 0 Å². The Bertz CT molecular complexity index is 433. The van der Waals surface area contributed by atoms with Gasteiger partial charge in [0.05, 0.1) is 0 Å². The number of carbonyl (C=O) groups is 3. The molecule has 1 atom stereocenters. The first kappa shape index (κ1) is 12.7. The predicted octanol–water partition coefficient (Wildman–Crippen LogP) is -0.0472. The van der Waals surface area contributed by atoms with Gasteiger partial charge in [0.15, 0.2) is 0 Å². The van der Waals surface area contributed by atoms with Crippen LogP contribution in [0.15, 0.2) is 0 Å². The first-order valence-electron chi connectivity index (χ1n) is 5.18. The summed E-state index contributed by atoms with van der Waals surface area (Å²) in [6, 6.07) is -1.20. The minimum Gasteiger partial charge on any atom is -0.318 e. The highest BCUT2D eigenvalue weighted by molar-refractivity contribution is 6.08. The lowest BCUT2D eigenvalue weighted by atomic mass is 10.1. The Morgan fingerprint density at radius 1 is 1.44 bits per heavy atom. The normalized spacial score (nSPS) is 28.3. The SMILES string of the molecule is CN1C(=O)N[C@@](NC(=O)C2CC2)(C(F)(F)F)C1=O. The molecule has 2 fully saturated rings. The lowest BCUT2D eigenvalue weighted by molar-refractivity contribution is -0.204. The second-order valence-electron chi connectivity index (χ2n) is 4.31. The smallest absolute Gasteiger partial charge is 0.318 e. The molecule has 6 nitrogen and oxygen atoms in total. The van der Waals surface area contributed by atoms with Crippen LogP contribution in [0.5, 0.6) is 0 Å². The van der Waals surface area contributed by atoms with Crippen molar-refractivity contribution in [1.82, 2.24) is 15.5 Å². The molecule has 9 heteroatoms. The number of halogens is 3. The fraction of sp³-hybridized carbons (Fsp3) is 0.667. The number of nitrogens with zero attached hydrogens (tertiary/aromatic N) is 1. The van der Waals surface area contributed by atoms with E-state index in [2.05, 4.69) is 0 Å². The zero-order valence-electron chi connectivity index (χ0n) is 9.30. The van der Waals surface area contributed by atoms with Crippen molar-refractivity contribution in [3.8, 4) is 0 Å². The molecule has 2 aliphatic rings. The zero-order valence-corrected chi connectivity index (χ0v) is 9.30. The molecule has 0 spiro atoms. The van der Waals surface area contributed by atoms with Crippen molar-refractivity contribution >= 4 is 17.8 Å². The highest BCUT2D eigenvalue weighted by Crippen LogP contribution is 2.35. The lowest BCUT2D eigenvalue weighted by Gasteiger charge is -2.29.